The molecule has 6 rings (SSSR count). The molecule has 10 nitrogen and oxygen atoms in total. The number of hydrogen-bond donors (Lipinski definition) is 2. The maximum atomic E-state index is 14.9. The highest BCUT2D eigenvalue weighted by Crippen LogP contribution is 2.33. The number of fused-ring (bicyclic) bond motifs is 1. The molecule has 0 bridgehead atoms. The molecular weight excluding hydrogens is 566 g/mol. The Labute approximate surface area is 243 Å². The zero-order valence-electron chi connectivity index (χ0n) is 22.0. The summed E-state index contributed by atoms with van der Waals surface area (Å²) in [6.45, 7) is 0.818. The molecule has 5 aromatic rings. The van der Waals surface area contributed by atoms with E-state index < -0.39 is 18.2 Å². The number of ether oxygens (including phenoxy) is 1. The number of likely N-dealkylation sites (tertiary alicyclic amines) is 1. The molecule has 212 valence electrons. The molecule has 2 aromatic carbocycles. The number of nitriles is 1. The molecule has 0 atom stereocenters. The average Bonchev–Trinajstić information content (AvgIpc) is 3.70. The van der Waals surface area contributed by atoms with Crippen LogP contribution in [0.3, 0.4) is 0 Å². The molecule has 13 heteroatoms. The normalized spacial score (nSPS) is 13.7. The summed E-state index contributed by atoms with van der Waals surface area (Å²) in [5, 5.41) is 12.1. The first-order valence-corrected chi connectivity index (χ1v) is 13.5. The standard InChI is InChI=1S/C29H23ClF2N8O2/c30-21-13-18(1-2-19(21)29(41)39-9-5-17(6-10-39)22-14-34-16-37-22)38-27-28-36-15-23(40(28)11-8-35-27)20-3-4-24(42-12-7-33)26(32)25(20)31/h1-4,8,11,13-17H,5-6,9-10,12H2,(H,34,37)(H,35,38). The lowest BCUT2D eigenvalue weighted by Crippen LogP contribution is -2.38. The van der Waals surface area contributed by atoms with Gasteiger partial charge in [0.05, 0.1) is 34.5 Å². The number of hydrogen-bond acceptors (Lipinski definition) is 7. The van der Waals surface area contributed by atoms with Crippen molar-refractivity contribution in [3.63, 3.8) is 0 Å². The largest absolute Gasteiger partial charge is 0.476 e. The van der Waals surface area contributed by atoms with E-state index in [1.807, 2.05) is 6.20 Å². The van der Waals surface area contributed by atoms with E-state index in [1.54, 1.807) is 46.1 Å². The molecule has 1 amide bonds. The van der Waals surface area contributed by atoms with Crippen LogP contribution in [0.5, 0.6) is 5.75 Å². The summed E-state index contributed by atoms with van der Waals surface area (Å²) >= 11 is 6.55. The molecule has 2 N–H and O–H groups in total. The molecule has 42 heavy (non-hydrogen) atoms. The number of rotatable bonds is 7. The van der Waals surface area contributed by atoms with Gasteiger partial charge in [0.2, 0.25) is 5.82 Å². The van der Waals surface area contributed by atoms with E-state index in [1.165, 1.54) is 24.5 Å². The molecule has 1 fully saturated rings. The molecule has 0 radical (unpaired) electrons. The first kappa shape index (κ1) is 27.2. The minimum absolute atomic E-state index is 0.0410. The molecule has 4 heterocycles. The van der Waals surface area contributed by atoms with Crippen molar-refractivity contribution in [1.82, 2.24) is 29.2 Å². The van der Waals surface area contributed by atoms with Crippen molar-refractivity contribution in [2.45, 2.75) is 18.8 Å². The SMILES string of the molecule is N#CCOc1ccc(-c2cnc3c(Nc4ccc(C(=O)N5CCC(c6c[nH]cn6)CC5)c(Cl)c4)nccn23)c(F)c1F. The zero-order chi connectivity index (χ0) is 29.2. The lowest BCUT2D eigenvalue weighted by atomic mass is 9.93. The van der Waals surface area contributed by atoms with E-state index in [0.29, 0.717) is 41.7 Å². The number of H-pyrrole nitrogens is 1. The second-order valence-electron chi connectivity index (χ2n) is 9.68. The smallest absolute Gasteiger partial charge is 0.255 e. The molecule has 0 unspecified atom stereocenters. The van der Waals surface area contributed by atoms with E-state index in [9.17, 15) is 13.6 Å². The van der Waals surface area contributed by atoms with Crippen molar-refractivity contribution in [2.24, 2.45) is 0 Å². The van der Waals surface area contributed by atoms with Gasteiger partial charge in [0.1, 0.15) is 6.07 Å². The van der Waals surface area contributed by atoms with Gasteiger partial charge in [-0.2, -0.15) is 9.65 Å². The van der Waals surface area contributed by atoms with E-state index in [4.69, 9.17) is 21.6 Å². The Bertz CT molecular complexity index is 1810. The third-order valence-electron chi connectivity index (χ3n) is 7.23. The maximum Gasteiger partial charge on any atom is 0.255 e. The van der Waals surface area contributed by atoms with E-state index >= 15 is 0 Å². The molecule has 0 saturated carbocycles. The van der Waals surface area contributed by atoms with Crippen LogP contribution in [0.2, 0.25) is 5.02 Å². The van der Waals surface area contributed by atoms with Gasteiger partial charge in [-0.05, 0) is 43.2 Å². The number of aromatic nitrogens is 5. The van der Waals surface area contributed by atoms with Gasteiger partial charge < -0.3 is 19.9 Å². The summed E-state index contributed by atoms with van der Waals surface area (Å²) in [4.78, 5) is 31.0. The van der Waals surface area contributed by atoms with Gasteiger partial charge in [-0.25, -0.2) is 19.3 Å². The van der Waals surface area contributed by atoms with Crippen molar-refractivity contribution in [3.05, 3.63) is 89.4 Å². The van der Waals surface area contributed by atoms with Crippen LogP contribution in [0.1, 0.15) is 34.8 Å². The third-order valence-corrected chi connectivity index (χ3v) is 7.54. The zero-order valence-corrected chi connectivity index (χ0v) is 22.8. The maximum absolute atomic E-state index is 14.9. The summed E-state index contributed by atoms with van der Waals surface area (Å²) in [5.41, 5.74) is 2.58. The summed E-state index contributed by atoms with van der Waals surface area (Å²) in [5.74, 6) is -2.16. The monoisotopic (exact) mass is 588 g/mol. The molecule has 1 aliphatic rings. The highest BCUT2D eigenvalue weighted by molar-refractivity contribution is 6.34. The molecule has 1 aliphatic heterocycles. The Kier molecular flexibility index (Phi) is 7.41. The molecular formula is C29H23ClF2N8O2. The topological polar surface area (TPSA) is 124 Å². The Hall–Kier alpha value is -5.02. The number of carbonyl (C=O) groups is 1. The van der Waals surface area contributed by atoms with Crippen molar-refractivity contribution >= 4 is 34.7 Å². The lowest BCUT2D eigenvalue weighted by Gasteiger charge is -2.31. The summed E-state index contributed by atoms with van der Waals surface area (Å²) in [6, 6.07) is 9.36. The number of halogens is 3. The Morgan fingerprint density at radius 3 is 2.74 bits per heavy atom. The predicted octanol–water partition coefficient (Wildman–Crippen LogP) is 5.72. The number of nitrogens with one attached hydrogen (secondary N) is 2. The number of nitrogens with zero attached hydrogens (tertiary/aromatic N) is 6. The van der Waals surface area contributed by atoms with E-state index in [-0.39, 0.29) is 27.9 Å². The van der Waals surface area contributed by atoms with Crippen LogP contribution in [-0.2, 0) is 0 Å². The second-order valence-corrected chi connectivity index (χ2v) is 10.1. The van der Waals surface area contributed by atoms with Gasteiger partial charge in [0, 0.05) is 48.8 Å². The molecule has 0 aliphatic carbocycles. The van der Waals surface area contributed by atoms with Gasteiger partial charge in [-0.3, -0.25) is 9.20 Å². The van der Waals surface area contributed by atoms with Gasteiger partial charge in [0.25, 0.3) is 5.91 Å². The quantitative estimate of drug-likeness (QED) is 0.249. The number of amides is 1. The number of aromatic amines is 1. The Morgan fingerprint density at radius 2 is 2.00 bits per heavy atom. The third kappa shape index (κ3) is 5.10. The fraction of sp³-hybridized carbons (Fsp3) is 0.207. The number of piperidine rings is 1. The predicted molar refractivity (Wildman–Crippen MR) is 151 cm³/mol. The Morgan fingerprint density at radius 1 is 1.17 bits per heavy atom. The number of anilines is 2. The van der Waals surface area contributed by atoms with Crippen LogP contribution in [0.4, 0.5) is 20.3 Å². The minimum atomic E-state index is -1.20. The Balaban J connectivity index is 1.19. The minimum Gasteiger partial charge on any atom is -0.476 e. The lowest BCUT2D eigenvalue weighted by molar-refractivity contribution is 0.0712. The van der Waals surface area contributed by atoms with Crippen LogP contribution in [0, 0.1) is 23.0 Å². The van der Waals surface area contributed by atoms with Gasteiger partial charge in [-0.15, -0.1) is 0 Å². The summed E-state index contributed by atoms with van der Waals surface area (Å²) in [6.07, 6.45) is 9.68. The van der Waals surface area contributed by atoms with Crippen LogP contribution < -0.4 is 10.1 Å². The van der Waals surface area contributed by atoms with Crippen LogP contribution in [-0.4, -0.2) is 54.8 Å². The van der Waals surface area contributed by atoms with Gasteiger partial charge in [-0.1, -0.05) is 11.6 Å². The molecule has 3 aromatic heterocycles. The number of carbonyl (C=O) groups excluding carboxylic acids is 1. The first-order chi connectivity index (χ1) is 20.4. The highest BCUT2D eigenvalue weighted by atomic mass is 35.5. The van der Waals surface area contributed by atoms with Crippen LogP contribution in [0.25, 0.3) is 16.9 Å². The second kappa shape index (κ2) is 11.5. The van der Waals surface area contributed by atoms with Crippen molar-refractivity contribution < 1.29 is 18.3 Å². The fourth-order valence-corrected chi connectivity index (χ4v) is 5.37. The number of benzene rings is 2. The van der Waals surface area contributed by atoms with Crippen molar-refractivity contribution in [2.75, 3.05) is 25.0 Å². The number of imidazole rings is 2. The summed E-state index contributed by atoms with van der Waals surface area (Å²) in [7, 11) is 0. The van der Waals surface area contributed by atoms with Crippen LogP contribution >= 0.6 is 11.6 Å². The van der Waals surface area contributed by atoms with Crippen LogP contribution in [0.15, 0.2) is 61.4 Å². The fourth-order valence-electron chi connectivity index (χ4n) is 5.10. The van der Waals surface area contributed by atoms with Gasteiger partial charge in [0.15, 0.2) is 29.6 Å². The van der Waals surface area contributed by atoms with E-state index in [0.717, 1.165) is 18.5 Å². The summed E-state index contributed by atoms with van der Waals surface area (Å²) < 4.78 is 36.0. The first-order valence-electron chi connectivity index (χ1n) is 13.1. The van der Waals surface area contributed by atoms with Crippen molar-refractivity contribution in [1.29, 1.82) is 5.26 Å². The average molecular weight is 589 g/mol. The molecule has 1 saturated heterocycles. The van der Waals surface area contributed by atoms with E-state index in [2.05, 4.69) is 25.3 Å². The highest BCUT2D eigenvalue weighted by Gasteiger charge is 2.27. The van der Waals surface area contributed by atoms with Crippen molar-refractivity contribution in [3.8, 4) is 23.1 Å². The molecule has 0 spiro atoms. The van der Waals surface area contributed by atoms with Gasteiger partial charge >= 0.3 is 0 Å².